The Morgan fingerprint density at radius 3 is 2.85 bits per heavy atom. The van der Waals surface area contributed by atoms with Gasteiger partial charge in [-0.2, -0.15) is 4.98 Å². The minimum atomic E-state index is -0.137. The minimum Gasteiger partial charge on any atom is -0.497 e. The van der Waals surface area contributed by atoms with Crippen LogP contribution < -0.4 is 4.74 Å². The summed E-state index contributed by atoms with van der Waals surface area (Å²) >= 11 is 0. The molecule has 0 aliphatic heterocycles. The Kier molecular flexibility index (Phi) is 5.90. The van der Waals surface area contributed by atoms with E-state index in [0.29, 0.717) is 30.4 Å². The minimum absolute atomic E-state index is 0.0726. The molecule has 7 nitrogen and oxygen atoms in total. The van der Waals surface area contributed by atoms with Gasteiger partial charge in [0, 0.05) is 24.6 Å². The Balaban J connectivity index is 1.70. The normalized spacial score (nSPS) is 12.0. The maximum Gasteiger partial charge on any atom is 0.289 e. The first-order valence-corrected chi connectivity index (χ1v) is 8.93. The number of methoxy groups -OCH3 is 1. The summed E-state index contributed by atoms with van der Waals surface area (Å²) in [6.45, 7) is 4.52. The fraction of sp³-hybridized carbons (Fsp3) is 0.350. The fourth-order valence-corrected chi connectivity index (χ4v) is 2.74. The number of nitrogens with zero attached hydrogens (tertiary/aromatic N) is 3. The largest absolute Gasteiger partial charge is 0.497 e. The molecule has 3 aromatic rings. The van der Waals surface area contributed by atoms with Crippen LogP contribution >= 0.6 is 0 Å². The van der Waals surface area contributed by atoms with Gasteiger partial charge in [0.05, 0.1) is 13.4 Å². The smallest absolute Gasteiger partial charge is 0.289 e. The van der Waals surface area contributed by atoms with Crippen LogP contribution in [-0.4, -0.2) is 40.6 Å². The molecule has 0 fully saturated rings. The van der Waals surface area contributed by atoms with Crippen LogP contribution in [0.3, 0.4) is 0 Å². The summed E-state index contributed by atoms with van der Waals surface area (Å²) < 4.78 is 15.8. The van der Waals surface area contributed by atoms with Gasteiger partial charge in [-0.1, -0.05) is 24.2 Å². The van der Waals surface area contributed by atoms with Gasteiger partial charge in [0.2, 0.25) is 11.7 Å². The van der Waals surface area contributed by atoms with Crippen LogP contribution in [0, 0.1) is 0 Å². The van der Waals surface area contributed by atoms with Crippen molar-refractivity contribution in [3.8, 4) is 17.1 Å². The third kappa shape index (κ3) is 4.36. The van der Waals surface area contributed by atoms with Crippen LogP contribution in [-0.2, 0) is 6.42 Å². The monoisotopic (exact) mass is 369 g/mol. The van der Waals surface area contributed by atoms with E-state index in [-0.39, 0.29) is 11.9 Å². The van der Waals surface area contributed by atoms with E-state index in [4.69, 9.17) is 13.7 Å². The zero-order valence-electron chi connectivity index (χ0n) is 15.7. The molecule has 142 valence electrons. The average molecular weight is 369 g/mol. The molecule has 0 radical (unpaired) electrons. The van der Waals surface area contributed by atoms with Crippen LogP contribution in [0.1, 0.15) is 36.7 Å². The zero-order chi connectivity index (χ0) is 19.2. The molecule has 0 saturated heterocycles. The molecule has 2 heterocycles. The molecule has 0 aliphatic rings. The Morgan fingerprint density at radius 1 is 1.30 bits per heavy atom. The number of hydrogen-bond acceptors (Lipinski definition) is 6. The summed E-state index contributed by atoms with van der Waals surface area (Å²) in [6.07, 6.45) is 2.81. The van der Waals surface area contributed by atoms with Gasteiger partial charge < -0.3 is 18.6 Å². The third-order valence-electron chi connectivity index (χ3n) is 4.48. The lowest BCUT2D eigenvalue weighted by Crippen LogP contribution is -2.39. The molecule has 0 bridgehead atoms. The topological polar surface area (TPSA) is 81.6 Å². The number of carbonyl (C=O) groups is 1. The number of hydrogen-bond donors (Lipinski definition) is 0. The van der Waals surface area contributed by atoms with Crippen LogP contribution in [0.4, 0.5) is 0 Å². The van der Waals surface area contributed by atoms with Crippen molar-refractivity contribution in [3.63, 3.8) is 0 Å². The van der Waals surface area contributed by atoms with Crippen LogP contribution in [0.15, 0.2) is 51.6 Å². The Bertz CT molecular complexity index is 873. The van der Waals surface area contributed by atoms with E-state index >= 15 is 0 Å². The lowest BCUT2D eigenvalue weighted by atomic mass is 10.2. The van der Waals surface area contributed by atoms with Crippen molar-refractivity contribution in [2.24, 2.45) is 0 Å². The maximum absolute atomic E-state index is 12.7. The second kappa shape index (κ2) is 8.53. The fourth-order valence-electron chi connectivity index (χ4n) is 2.74. The third-order valence-corrected chi connectivity index (χ3v) is 4.48. The van der Waals surface area contributed by atoms with Crippen molar-refractivity contribution in [1.82, 2.24) is 15.0 Å². The molecular formula is C20H23N3O4. The first-order chi connectivity index (χ1) is 13.1. The summed E-state index contributed by atoms with van der Waals surface area (Å²) in [6, 6.07) is 10.9. The number of aromatic nitrogens is 2. The van der Waals surface area contributed by atoms with Gasteiger partial charge in [-0.15, -0.1) is 0 Å². The highest BCUT2D eigenvalue weighted by Crippen LogP contribution is 2.21. The highest BCUT2D eigenvalue weighted by molar-refractivity contribution is 5.91. The molecule has 0 saturated carbocycles. The zero-order valence-corrected chi connectivity index (χ0v) is 15.7. The van der Waals surface area contributed by atoms with Crippen molar-refractivity contribution in [1.29, 1.82) is 0 Å². The second-order valence-electron chi connectivity index (χ2n) is 6.23. The molecule has 27 heavy (non-hydrogen) atoms. The van der Waals surface area contributed by atoms with Gasteiger partial charge in [-0.3, -0.25) is 4.79 Å². The highest BCUT2D eigenvalue weighted by Gasteiger charge is 2.23. The van der Waals surface area contributed by atoms with E-state index in [1.165, 1.54) is 6.26 Å². The SMILES string of the molecule is CC[C@@H](C)N(CCc1nc(-c2cccc(OC)c2)no1)C(=O)c1ccco1. The van der Waals surface area contributed by atoms with E-state index in [9.17, 15) is 4.79 Å². The first-order valence-electron chi connectivity index (χ1n) is 8.93. The Hall–Kier alpha value is -3.09. The molecule has 2 aromatic heterocycles. The molecule has 0 N–H and O–H groups in total. The molecule has 7 heteroatoms. The Morgan fingerprint density at radius 2 is 2.15 bits per heavy atom. The summed E-state index contributed by atoms with van der Waals surface area (Å²) in [5.74, 6) is 1.90. The quantitative estimate of drug-likeness (QED) is 0.600. The van der Waals surface area contributed by atoms with Gasteiger partial charge in [-0.25, -0.2) is 0 Å². The maximum atomic E-state index is 12.7. The molecule has 0 aliphatic carbocycles. The first kappa shape index (κ1) is 18.7. The van der Waals surface area contributed by atoms with E-state index in [2.05, 4.69) is 10.1 Å². The number of carbonyl (C=O) groups excluding carboxylic acids is 1. The molecule has 3 rings (SSSR count). The van der Waals surface area contributed by atoms with Gasteiger partial charge in [0.1, 0.15) is 5.75 Å². The van der Waals surface area contributed by atoms with E-state index in [1.54, 1.807) is 24.1 Å². The molecule has 1 aromatic carbocycles. The van der Waals surface area contributed by atoms with E-state index < -0.39 is 0 Å². The lowest BCUT2D eigenvalue weighted by molar-refractivity contribution is 0.0654. The molecule has 0 spiro atoms. The van der Waals surface area contributed by atoms with Crippen molar-refractivity contribution in [3.05, 3.63) is 54.3 Å². The van der Waals surface area contributed by atoms with Gasteiger partial charge >= 0.3 is 0 Å². The van der Waals surface area contributed by atoms with Crippen molar-refractivity contribution >= 4 is 5.91 Å². The number of ether oxygens (including phenoxy) is 1. The summed E-state index contributed by atoms with van der Waals surface area (Å²) in [4.78, 5) is 18.9. The van der Waals surface area contributed by atoms with Crippen LogP contribution in [0.5, 0.6) is 5.75 Å². The molecule has 0 unspecified atom stereocenters. The highest BCUT2D eigenvalue weighted by atomic mass is 16.5. The molecule has 1 amide bonds. The predicted octanol–water partition coefficient (Wildman–Crippen LogP) is 3.82. The average Bonchev–Trinajstić information content (AvgIpc) is 3.40. The Labute approximate surface area is 157 Å². The standard InChI is InChI=1S/C20H23N3O4/c1-4-14(2)23(20(24)17-9-6-12-26-17)11-10-18-21-19(22-27-18)15-7-5-8-16(13-15)25-3/h5-9,12-14H,4,10-11H2,1-3H3/t14-/m1/s1. The van der Waals surface area contributed by atoms with Gasteiger partial charge in [0.25, 0.3) is 5.91 Å². The number of benzene rings is 1. The second-order valence-corrected chi connectivity index (χ2v) is 6.23. The summed E-state index contributed by atoms with van der Waals surface area (Å²) in [7, 11) is 1.61. The molecule has 1 atom stereocenters. The van der Waals surface area contributed by atoms with Gasteiger partial charge in [-0.05, 0) is 37.6 Å². The van der Waals surface area contributed by atoms with Crippen LogP contribution in [0.2, 0.25) is 0 Å². The summed E-state index contributed by atoms with van der Waals surface area (Å²) in [5, 5.41) is 4.04. The number of furan rings is 1. The van der Waals surface area contributed by atoms with Crippen molar-refractivity contribution in [2.75, 3.05) is 13.7 Å². The lowest BCUT2D eigenvalue weighted by Gasteiger charge is -2.27. The van der Waals surface area contributed by atoms with Crippen LogP contribution in [0.25, 0.3) is 11.4 Å². The van der Waals surface area contributed by atoms with Gasteiger partial charge in [0.15, 0.2) is 5.76 Å². The predicted molar refractivity (Wildman–Crippen MR) is 99.5 cm³/mol. The molecular weight excluding hydrogens is 346 g/mol. The number of rotatable bonds is 8. The van der Waals surface area contributed by atoms with Crippen molar-refractivity contribution < 1.29 is 18.5 Å². The van der Waals surface area contributed by atoms with Crippen molar-refractivity contribution in [2.45, 2.75) is 32.7 Å². The van der Waals surface area contributed by atoms with E-state index in [0.717, 1.165) is 17.7 Å². The summed E-state index contributed by atoms with van der Waals surface area (Å²) in [5.41, 5.74) is 0.815. The number of amides is 1. The van der Waals surface area contributed by atoms with E-state index in [1.807, 2.05) is 38.1 Å².